The van der Waals surface area contributed by atoms with Crippen molar-refractivity contribution in [3.63, 3.8) is 0 Å². The van der Waals surface area contributed by atoms with Crippen LogP contribution in [0.4, 0.5) is 0 Å². The van der Waals surface area contributed by atoms with Gasteiger partial charge in [0.05, 0.1) is 11.3 Å². The van der Waals surface area contributed by atoms with Crippen molar-refractivity contribution in [3.8, 4) is 5.75 Å². The van der Waals surface area contributed by atoms with Gasteiger partial charge in [0.2, 0.25) is 0 Å². The first-order valence-electron chi connectivity index (χ1n) is 7.28. The SMILES string of the molecule is C[C@H](Oc1ccc(Cl)cc1Cl)C(=O)OCC(=O)NNC(=O)c1ccco1. The van der Waals surface area contributed by atoms with Crippen molar-refractivity contribution in [1.29, 1.82) is 0 Å². The van der Waals surface area contributed by atoms with Crippen LogP contribution in [-0.4, -0.2) is 30.5 Å². The van der Waals surface area contributed by atoms with E-state index in [1.165, 1.54) is 37.5 Å². The largest absolute Gasteiger partial charge is 0.477 e. The van der Waals surface area contributed by atoms with Crippen LogP contribution in [0.2, 0.25) is 10.0 Å². The Morgan fingerprint density at radius 2 is 1.96 bits per heavy atom. The predicted molar refractivity (Wildman–Crippen MR) is 91.8 cm³/mol. The number of carbonyl (C=O) groups is 3. The molecule has 0 spiro atoms. The van der Waals surface area contributed by atoms with Crippen molar-refractivity contribution in [2.45, 2.75) is 13.0 Å². The molecule has 10 heteroatoms. The third-order valence-corrected chi connectivity index (χ3v) is 3.47. The van der Waals surface area contributed by atoms with Crippen LogP contribution >= 0.6 is 23.2 Å². The minimum atomic E-state index is -1.01. The van der Waals surface area contributed by atoms with Gasteiger partial charge in [0, 0.05) is 5.02 Å². The highest BCUT2D eigenvalue weighted by Crippen LogP contribution is 2.28. The zero-order chi connectivity index (χ0) is 19.1. The summed E-state index contributed by atoms with van der Waals surface area (Å²) in [5, 5.41) is 0.654. The lowest BCUT2D eigenvalue weighted by Crippen LogP contribution is -2.44. The summed E-state index contributed by atoms with van der Waals surface area (Å²) in [5.74, 6) is -1.91. The van der Waals surface area contributed by atoms with Gasteiger partial charge in [-0.25, -0.2) is 4.79 Å². The van der Waals surface area contributed by atoms with Crippen LogP contribution in [0.1, 0.15) is 17.5 Å². The molecule has 1 aromatic carbocycles. The van der Waals surface area contributed by atoms with E-state index in [1.54, 1.807) is 6.07 Å². The normalized spacial score (nSPS) is 11.3. The maximum atomic E-state index is 11.9. The highest BCUT2D eigenvalue weighted by Gasteiger charge is 2.19. The van der Waals surface area contributed by atoms with Gasteiger partial charge < -0.3 is 13.9 Å². The van der Waals surface area contributed by atoms with Crippen LogP contribution < -0.4 is 15.6 Å². The summed E-state index contributed by atoms with van der Waals surface area (Å²) >= 11 is 11.7. The molecule has 1 aromatic heterocycles. The van der Waals surface area contributed by atoms with Gasteiger partial charge >= 0.3 is 11.9 Å². The Morgan fingerprint density at radius 3 is 2.62 bits per heavy atom. The molecule has 2 aromatic rings. The molecule has 0 bridgehead atoms. The number of nitrogens with one attached hydrogen (secondary N) is 2. The Bertz CT molecular complexity index is 794. The van der Waals surface area contributed by atoms with Gasteiger partial charge in [0.25, 0.3) is 5.91 Å². The first-order valence-corrected chi connectivity index (χ1v) is 8.03. The molecular weight excluding hydrogens is 387 g/mol. The Hall–Kier alpha value is -2.71. The second kappa shape index (κ2) is 9.12. The number of furan rings is 1. The topological polar surface area (TPSA) is 107 Å². The summed E-state index contributed by atoms with van der Waals surface area (Å²) in [4.78, 5) is 35.0. The molecule has 0 saturated carbocycles. The highest BCUT2D eigenvalue weighted by atomic mass is 35.5. The molecule has 0 saturated heterocycles. The zero-order valence-electron chi connectivity index (χ0n) is 13.5. The van der Waals surface area contributed by atoms with Gasteiger partial charge in [0.1, 0.15) is 5.75 Å². The summed E-state index contributed by atoms with van der Waals surface area (Å²) in [7, 11) is 0. The fourth-order valence-electron chi connectivity index (χ4n) is 1.70. The van der Waals surface area contributed by atoms with Crippen LogP contribution in [0.5, 0.6) is 5.75 Å². The summed E-state index contributed by atoms with van der Waals surface area (Å²) in [6.07, 6.45) is 0.298. The molecular formula is C16H14Cl2N2O6. The minimum Gasteiger partial charge on any atom is -0.477 e. The number of hydrazine groups is 1. The molecule has 2 N–H and O–H groups in total. The van der Waals surface area contributed by atoms with Crippen LogP contribution in [0.25, 0.3) is 0 Å². The Labute approximate surface area is 158 Å². The summed E-state index contributed by atoms with van der Waals surface area (Å²) < 4.78 is 15.0. The second-order valence-corrected chi connectivity index (χ2v) is 5.77. The van der Waals surface area contributed by atoms with Crippen LogP contribution in [-0.2, 0) is 14.3 Å². The smallest absolute Gasteiger partial charge is 0.347 e. The van der Waals surface area contributed by atoms with Gasteiger partial charge in [-0.1, -0.05) is 23.2 Å². The van der Waals surface area contributed by atoms with Gasteiger partial charge in [-0.2, -0.15) is 0 Å². The van der Waals surface area contributed by atoms with E-state index in [2.05, 4.69) is 10.9 Å². The van der Waals surface area contributed by atoms with E-state index in [0.717, 1.165) is 0 Å². The van der Waals surface area contributed by atoms with Gasteiger partial charge in [-0.3, -0.25) is 20.4 Å². The van der Waals surface area contributed by atoms with Gasteiger partial charge in [0.15, 0.2) is 18.5 Å². The number of benzene rings is 1. The monoisotopic (exact) mass is 400 g/mol. The van der Waals surface area contributed by atoms with Crippen molar-refractivity contribution >= 4 is 41.0 Å². The average molecular weight is 401 g/mol. The van der Waals surface area contributed by atoms with Crippen LogP contribution in [0, 0.1) is 0 Å². The van der Waals surface area contributed by atoms with Crippen molar-refractivity contribution in [1.82, 2.24) is 10.9 Å². The lowest BCUT2D eigenvalue weighted by Gasteiger charge is -2.15. The zero-order valence-corrected chi connectivity index (χ0v) is 15.0. The van der Waals surface area contributed by atoms with Crippen molar-refractivity contribution in [2.24, 2.45) is 0 Å². The van der Waals surface area contributed by atoms with Gasteiger partial charge in [-0.15, -0.1) is 0 Å². The standard InChI is InChI=1S/C16H14Cl2N2O6/c1-9(26-12-5-4-10(17)7-11(12)18)16(23)25-8-14(21)19-20-15(22)13-3-2-6-24-13/h2-7,9H,8H2,1H3,(H,19,21)(H,20,22)/t9-/m0/s1. The van der Waals surface area contributed by atoms with Crippen molar-refractivity contribution in [3.05, 3.63) is 52.4 Å². The molecule has 0 aliphatic heterocycles. The number of halogens is 2. The molecule has 26 heavy (non-hydrogen) atoms. The van der Waals surface area contributed by atoms with Crippen molar-refractivity contribution < 1.29 is 28.3 Å². The molecule has 0 unspecified atom stereocenters. The molecule has 1 atom stereocenters. The first-order chi connectivity index (χ1) is 12.4. The average Bonchev–Trinajstić information content (AvgIpc) is 3.14. The molecule has 2 amide bonds. The third kappa shape index (κ3) is 5.68. The Balaban J connectivity index is 1.74. The molecule has 138 valence electrons. The summed E-state index contributed by atoms with van der Waals surface area (Å²) in [6, 6.07) is 7.46. The number of hydrogen-bond donors (Lipinski definition) is 2. The number of carbonyl (C=O) groups excluding carboxylic acids is 3. The van der Waals surface area contributed by atoms with Gasteiger partial charge in [-0.05, 0) is 37.3 Å². The quantitative estimate of drug-likeness (QED) is 0.569. The summed E-state index contributed by atoms with van der Waals surface area (Å²) in [6.45, 7) is 0.823. The minimum absolute atomic E-state index is 0.0177. The summed E-state index contributed by atoms with van der Waals surface area (Å²) in [5.41, 5.74) is 4.18. The number of hydrogen-bond acceptors (Lipinski definition) is 6. The molecule has 0 radical (unpaired) electrons. The number of ether oxygens (including phenoxy) is 2. The molecule has 0 aliphatic carbocycles. The lowest BCUT2D eigenvalue weighted by molar-refractivity contribution is -0.154. The maximum Gasteiger partial charge on any atom is 0.347 e. The van der Waals surface area contributed by atoms with E-state index in [9.17, 15) is 14.4 Å². The lowest BCUT2D eigenvalue weighted by atomic mass is 10.3. The number of amides is 2. The van der Waals surface area contributed by atoms with E-state index >= 15 is 0 Å². The number of esters is 1. The van der Waals surface area contributed by atoms with E-state index in [0.29, 0.717) is 5.02 Å². The van der Waals surface area contributed by atoms with Crippen LogP contribution in [0.15, 0.2) is 41.0 Å². The fourth-order valence-corrected chi connectivity index (χ4v) is 2.15. The molecule has 0 aliphatic rings. The molecule has 0 fully saturated rings. The third-order valence-electron chi connectivity index (χ3n) is 2.94. The van der Waals surface area contributed by atoms with Crippen LogP contribution in [0.3, 0.4) is 0 Å². The predicted octanol–water partition coefficient (Wildman–Crippen LogP) is 2.36. The second-order valence-electron chi connectivity index (χ2n) is 4.92. The first kappa shape index (κ1) is 19.6. The Morgan fingerprint density at radius 1 is 1.19 bits per heavy atom. The molecule has 2 rings (SSSR count). The highest BCUT2D eigenvalue weighted by molar-refractivity contribution is 6.35. The number of rotatable bonds is 6. The fraction of sp³-hybridized carbons (Fsp3) is 0.188. The van der Waals surface area contributed by atoms with E-state index < -0.39 is 30.5 Å². The van der Waals surface area contributed by atoms with Crippen molar-refractivity contribution in [2.75, 3.05) is 6.61 Å². The maximum absolute atomic E-state index is 11.9. The Kier molecular flexibility index (Phi) is 6.88. The van der Waals surface area contributed by atoms with E-state index in [-0.39, 0.29) is 16.5 Å². The molecule has 8 nitrogen and oxygen atoms in total. The van der Waals surface area contributed by atoms with E-state index in [4.69, 9.17) is 37.1 Å². The van der Waals surface area contributed by atoms with E-state index in [1.807, 2.05) is 0 Å². The molecule has 1 heterocycles.